The lowest BCUT2D eigenvalue weighted by atomic mass is 10.1. The maximum Gasteiger partial charge on any atom is 0.269 e. The van der Waals surface area contributed by atoms with Gasteiger partial charge in [-0.05, 0) is 49.2 Å². The molecule has 2 aromatic carbocycles. The topological polar surface area (TPSA) is 58.8 Å². The van der Waals surface area contributed by atoms with E-state index in [0.29, 0.717) is 0 Å². The van der Waals surface area contributed by atoms with Gasteiger partial charge in [-0.3, -0.25) is 15.0 Å². The zero-order valence-corrected chi connectivity index (χ0v) is 15.1. The summed E-state index contributed by atoms with van der Waals surface area (Å²) in [6, 6.07) is 15.2. The molecule has 0 saturated carbocycles. The molecule has 0 atom stereocenters. The first-order chi connectivity index (χ1) is 12.7. The second kappa shape index (κ2) is 8.67. The second-order valence-corrected chi connectivity index (χ2v) is 6.56. The molecule has 0 spiro atoms. The highest BCUT2D eigenvalue weighted by Gasteiger charge is 2.17. The molecule has 1 aliphatic heterocycles. The highest BCUT2D eigenvalue weighted by Crippen LogP contribution is 2.21. The normalized spacial score (nSPS) is 15.0. The van der Waals surface area contributed by atoms with Crippen LogP contribution in [0.1, 0.15) is 12.0 Å². The van der Waals surface area contributed by atoms with Gasteiger partial charge in [-0.15, -0.1) is 0 Å². The average Bonchev–Trinajstić information content (AvgIpc) is 2.69. The Bertz CT molecular complexity index is 725. The van der Waals surface area contributed by atoms with E-state index in [9.17, 15) is 10.1 Å². The van der Waals surface area contributed by atoms with E-state index in [0.717, 1.165) is 56.9 Å². The Balaban J connectivity index is 1.42. The number of aryl methyl sites for hydroxylation is 1. The van der Waals surface area contributed by atoms with Crippen molar-refractivity contribution in [3.05, 3.63) is 64.2 Å². The Kier molecular flexibility index (Phi) is 6.07. The summed E-state index contributed by atoms with van der Waals surface area (Å²) in [5, 5.41) is 10.8. The molecule has 0 radical (unpaired) electrons. The van der Waals surface area contributed by atoms with Crippen molar-refractivity contribution in [1.82, 2.24) is 4.90 Å². The van der Waals surface area contributed by atoms with Crippen LogP contribution in [0.5, 0.6) is 5.75 Å². The van der Waals surface area contributed by atoms with Crippen molar-refractivity contribution in [3.63, 3.8) is 0 Å². The minimum atomic E-state index is -0.331. The third-order valence-electron chi connectivity index (χ3n) is 4.87. The average molecular weight is 355 g/mol. The summed E-state index contributed by atoms with van der Waals surface area (Å²) < 4.78 is 5.21. The molecule has 0 N–H and O–H groups in total. The van der Waals surface area contributed by atoms with Gasteiger partial charge >= 0.3 is 0 Å². The molecular formula is C20H25N3O3. The molecule has 0 aliphatic carbocycles. The fraction of sp³-hybridized carbons (Fsp3) is 0.400. The van der Waals surface area contributed by atoms with Crippen molar-refractivity contribution >= 4 is 11.4 Å². The van der Waals surface area contributed by atoms with E-state index < -0.39 is 0 Å². The monoisotopic (exact) mass is 355 g/mol. The molecule has 1 aliphatic rings. The van der Waals surface area contributed by atoms with Crippen LogP contribution in [0.25, 0.3) is 0 Å². The van der Waals surface area contributed by atoms with Gasteiger partial charge in [-0.25, -0.2) is 0 Å². The van der Waals surface area contributed by atoms with Crippen molar-refractivity contribution in [1.29, 1.82) is 0 Å². The van der Waals surface area contributed by atoms with Crippen LogP contribution in [0, 0.1) is 10.1 Å². The maximum atomic E-state index is 10.8. The first-order valence-electron chi connectivity index (χ1n) is 9.00. The third kappa shape index (κ3) is 4.73. The Hall–Kier alpha value is -2.60. The van der Waals surface area contributed by atoms with Crippen molar-refractivity contribution in [3.8, 4) is 5.75 Å². The van der Waals surface area contributed by atoms with Gasteiger partial charge in [-0.1, -0.05) is 12.1 Å². The molecule has 0 amide bonds. The molecule has 0 bridgehead atoms. The SMILES string of the molecule is COc1ccc(N2CCN(CCCc3cccc([N+](=O)[O-])c3)CC2)cc1. The van der Waals surface area contributed by atoms with Gasteiger partial charge in [0.2, 0.25) is 0 Å². The molecule has 1 fully saturated rings. The summed E-state index contributed by atoms with van der Waals surface area (Å²) >= 11 is 0. The largest absolute Gasteiger partial charge is 0.497 e. The Morgan fingerprint density at radius 2 is 1.81 bits per heavy atom. The number of ether oxygens (including phenoxy) is 1. The van der Waals surface area contributed by atoms with Crippen LogP contribution in [-0.2, 0) is 6.42 Å². The van der Waals surface area contributed by atoms with E-state index in [1.165, 1.54) is 5.69 Å². The molecular weight excluding hydrogens is 330 g/mol. The molecule has 138 valence electrons. The van der Waals surface area contributed by atoms with Gasteiger partial charge in [0, 0.05) is 44.0 Å². The zero-order valence-electron chi connectivity index (χ0n) is 15.1. The minimum absolute atomic E-state index is 0.176. The predicted octanol–water partition coefficient (Wildman–Crippen LogP) is 3.36. The zero-order chi connectivity index (χ0) is 18.4. The molecule has 1 heterocycles. The van der Waals surface area contributed by atoms with Gasteiger partial charge in [-0.2, -0.15) is 0 Å². The summed E-state index contributed by atoms with van der Waals surface area (Å²) in [5.74, 6) is 0.883. The number of nitrogens with zero attached hydrogens (tertiary/aromatic N) is 3. The molecule has 2 aromatic rings. The lowest BCUT2D eigenvalue weighted by Gasteiger charge is -2.36. The number of nitro benzene ring substituents is 1. The van der Waals surface area contributed by atoms with Crippen LogP contribution in [0.4, 0.5) is 11.4 Å². The number of methoxy groups -OCH3 is 1. The molecule has 0 unspecified atom stereocenters. The van der Waals surface area contributed by atoms with Crippen molar-refractivity contribution in [2.75, 3.05) is 44.7 Å². The first-order valence-corrected chi connectivity index (χ1v) is 9.00. The number of anilines is 1. The van der Waals surface area contributed by atoms with E-state index in [2.05, 4.69) is 21.9 Å². The van der Waals surface area contributed by atoms with Gasteiger partial charge in [0.05, 0.1) is 12.0 Å². The summed E-state index contributed by atoms with van der Waals surface area (Å²) in [6.45, 7) is 5.15. The summed E-state index contributed by atoms with van der Waals surface area (Å²) in [5.41, 5.74) is 2.45. The summed E-state index contributed by atoms with van der Waals surface area (Å²) in [4.78, 5) is 15.4. The van der Waals surface area contributed by atoms with E-state index in [-0.39, 0.29) is 10.6 Å². The quantitative estimate of drug-likeness (QED) is 0.563. The fourth-order valence-corrected chi connectivity index (χ4v) is 3.36. The Morgan fingerprint density at radius 3 is 2.46 bits per heavy atom. The third-order valence-corrected chi connectivity index (χ3v) is 4.87. The maximum absolute atomic E-state index is 10.8. The van der Waals surface area contributed by atoms with E-state index in [4.69, 9.17) is 4.74 Å². The lowest BCUT2D eigenvalue weighted by molar-refractivity contribution is -0.384. The number of benzene rings is 2. The van der Waals surface area contributed by atoms with Gasteiger partial charge in [0.25, 0.3) is 5.69 Å². The molecule has 0 aromatic heterocycles. The first kappa shape index (κ1) is 18.2. The van der Waals surface area contributed by atoms with Crippen LogP contribution in [0.15, 0.2) is 48.5 Å². The number of hydrogen-bond acceptors (Lipinski definition) is 5. The van der Waals surface area contributed by atoms with Crippen molar-refractivity contribution in [2.45, 2.75) is 12.8 Å². The highest BCUT2D eigenvalue weighted by molar-refractivity contribution is 5.49. The van der Waals surface area contributed by atoms with Gasteiger partial charge in [0.1, 0.15) is 5.75 Å². The Morgan fingerprint density at radius 1 is 1.08 bits per heavy atom. The summed E-state index contributed by atoms with van der Waals surface area (Å²) in [6.07, 6.45) is 1.89. The molecule has 1 saturated heterocycles. The van der Waals surface area contributed by atoms with E-state index in [1.54, 1.807) is 25.3 Å². The minimum Gasteiger partial charge on any atom is -0.497 e. The van der Waals surface area contributed by atoms with Crippen LogP contribution < -0.4 is 9.64 Å². The lowest BCUT2D eigenvalue weighted by Crippen LogP contribution is -2.46. The number of hydrogen-bond donors (Lipinski definition) is 0. The van der Waals surface area contributed by atoms with Gasteiger partial charge in [0.15, 0.2) is 0 Å². The standard InChI is InChI=1S/C20H25N3O3/c1-26-20-9-7-18(8-10-20)22-14-12-21(13-15-22)11-3-5-17-4-2-6-19(16-17)23(24)25/h2,4,6-10,16H,3,5,11-15H2,1H3. The van der Waals surface area contributed by atoms with E-state index >= 15 is 0 Å². The van der Waals surface area contributed by atoms with E-state index in [1.807, 2.05) is 18.2 Å². The predicted molar refractivity (Wildman–Crippen MR) is 103 cm³/mol. The molecule has 3 rings (SSSR count). The number of rotatable bonds is 7. The molecule has 6 nitrogen and oxygen atoms in total. The number of piperazine rings is 1. The molecule has 6 heteroatoms. The molecule has 26 heavy (non-hydrogen) atoms. The highest BCUT2D eigenvalue weighted by atomic mass is 16.6. The fourth-order valence-electron chi connectivity index (χ4n) is 3.36. The number of nitro groups is 1. The number of non-ortho nitro benzene ring substituents is 1. The smallest absolute Gasteiger partial charge is 0.269 e. The second-order valence-electron chi connectivity index (χ2n) is 6.56. The van der Waals surface area contributed by atoms with Gasteiger partial charge < -0.3 is 9.64 Å². The van der Waals surface area contributed by atoms with Crippen molar-refractivity contribution in [2.24, 2.45) is 0 Å². The van der Waals surface area contributed by atoms with Crippen LogP contribution >= 0.6 is 0 Å². The van der Waals surface area contributed by atoms with Crippen molar-refractivity contribution < 1.29 is 9.66 Å². The van der Waals surface area contributed by atoms with Crippen LogP contribution in [0.2, 0.25) is 0 Å². The van der Waals surface area contributed by atoms with Crippen LogP contribution in [0.3, 0.4) is 0 Å². The van der Waals surface area contributed by atoms with Crippen LogP contribution in [-0.4, -0.2) is 49.7 Å². The summed E-state index contributed by atoms with van der Waals surface area (Å²) in [7, 11) is 1.68. The Labute approximate surface area is 154 Å².